The van der Waals surface area contributed by atoms with Gasteiger partial charge in [-0.2, -0.15) is 0 Å². The summed E-state index contributed by atoms with van der Waals surface area (Å²) in [4.78, 5) is 0. The van der Waals surface area contributed by atoms with Crippen molar-refractivity contribution in [2.75, 3.05) is 13.1 Å². The second-order valence-electron chi connectivity index (χ2n) is 3.35. The van der Waals surface area contributed by atoms with Crippen molar-refractivity contribution < 1.29 is 4.42 Å². The fourth-order valence-corrected chi connectivity index (χ4v) is 1.24. The monoisotopic (exact) mass is 192 g/mol. The number of terminal acetylenes is 1. The van der Waals surface area contributed by atoms with Crippen LogP contribution in [0.15, 0.2) is 4.42 Å². The average Bonchev–Trinajstić information content (AvgIpc) is 2.50. The maximum absolute atomic E-state index is 5.72. The minimum Gasteiger partial charge on any atom is -0.423 e. The zero-order valence-corrected chi connectivity index (χ0v) is 7.73. The van der Waals surface area contributed by atoms with Gasteiger partial charge in [0.1, 0.15) is 0 Å². The van der Waals surface area contributed by atoms with Crippen LogP contribution in [-0.2, 0) is 0 Å². The van der Waals surface area contributed by atoms with E-state index < -0.39 is 0 Å². The lowest BCUT2D eigenvalue weighted by atomic mass is 10.0. The molecular weight excluding hydrogens is 180 g/mol. The summed E-state index contributed by atoms with van der Waals surface area (Å²) in [6, 6.07) is -0.339. The third-order valence-corrected chi connectivity index (χ3v) is 2.24. The van der Waals surface area contributed by atoms with Crippen molar-refractivity contribution in [3.8, 4) is 12.3 Å². The molecule has 5 nitrogen and oxygen atoms in total. The first-order chi connectivity index (χ1) is 6.81. The Hall–Kier alpha value is -1.38. The third kappa shape index (κ3) is 1.62. The Morgan fingerprint density at radius 1 is 1.64 bits per heavy atom. The predicted molar refractivity (Wildman–Crippen MR) is 50.3 cm³/mol. The SMILES string of the molecule is C#CC[C@H](N)c1nnc(C2CNC2)o1. The third-order valence-electron chi connectivity index (χ3n) is 2.24. The molecule has 74 valence electrons. The van der Waals surface area contributed by atoms with E-state index in [1.54, 1.807) is 0 Å². The first-order valence-electron chi connectivity index (χ1n) is 4.54. The number of nitrogens with two attached hydrogens (primary N) is 1. The van der Waals surface area contributed by atoms with Crippen LogP contribution in [0.2, 0.25) is 0 Å². The second kappa shape index (κ2) is 3.78. The van der Waals surface area contributed by atoms with Crippen LogP contribution in [0.25, 0.3) is 0 Å². The van der Waals surface area contributed by atoms with Crippen LogP contribution in [0, 0.1) is 12.3 Å². The summed E-state index contributed by atoms with van der Waals surface area (Å²) < 4.78 is 5.42. The van der Waals surface area contributed by atoms with E-state index in [-0.39, 0.29) is 6.04 Å². The van der Waals surface area contributed by atoms with Crippen molar-refractivity contribution in [1.29, 1.82) is 0 Å². The molecule has 1 aromatic heterocycles. The second-order valence-corrected chi connectivity index (χ2v) is 3.35. The Balaban J connectivity index is 2.05. The Bertz CT molecular complexity index is 350. The summed E-state index contributed by atoms with van der Waals surface area (Å²) >= 11 is 0. The summed E-state index contributed by atoms with van der Waals surface area (Å²) in [6.45, 7) is 1.79. The normalized spacial score (nSPS) is 18.6. The minimum absolute atomic E-state index is 0.339. The molecule has 0 aliphatic carbocycles. The summed E-state index contributed by atoms with van der Waals surface area (Å²) in [7, 11) is 0. The van der Waals surface area contributed by atoms with Crippen molar-refractivity contribution in [2.24, 2.45) is 5.73 Å². The van der Waals surface area contributed by atoms with E-state index in [4.69, 9.17) is 16.6 Å². The van der Waals surface area contributed by atoms with Gasteiger partial charge in [0.05, 0.1) is 12.0 Å². The van der Waals surface area contributed by atoms with Crippen LogP contribution in [0.4, 0.5) is 0 Å². The number of nitrogens with zero attached hydrogens (tertiary/aromatic N) is 2. The standard InChI is InChI=1S/C9H12N4O/c1-2-3-7(10)9-13-12-8(14-9)6-4-11-5-6/h1,6-7,11H,3-5,10H2/t7-/m0/s1. The highest BCUT2D eigenvalue weighted by Gasteiger charge is 2.25. The Morgan fingerprint density at radius 2 is 2.43 bits per heavy atom. The van der Waals surface area contributed by atoms with Crippen molar-refractivity contribution in [2.45, 2.75) is 18.4 Å². The summed E-state index contributed by atoms with van der Waals surface area (Å²) in [5, 5.41) is 10.9. The minimum atomic E-state index is -0.339. The zero-order valence-electron chi connectivity index (χ0n) is 7.73. The van der Waals surface area contributed by atoms with Crippen LogP contribution in [0.1, 0.15) is 30.2 Å². The quantitative estimate of drug-likeness (QED) is 0.647. The molecule has 3 N–H and O–H groups in total. The highest BCUT2D eigenvalue weighted by Crippen LogP contribution is 2.20. The lowest BCUT2D eigenvalue weighted by Gasteiger charge is -2.23. The van der Waals surface area contributed by atoms with Gasteiger partial charge in [-0.15, -0.1) is 22.5 Å². The fraction of sp³-hybridized carbons (Fsp3) is 0.556. The van der Waals surface area contributed by atoms with E-state index in [0.717, 1.165) is 13.1 Å². The van der Waals surface area contributed by atoms with Crippen LogP contribution in [0.5, 0.6) is 0 Å². The van der Waals surface area contributed by atoms with E-state index in [2.05, 4.69) is 21.4 Å². The summed E-state index contributed by atoms with van der Waals surface area (Å²) in [5.74, 6) is 3.90. The molecule has 1 aliphatic heterocycles. The first kappa shape index (κ1) is 9.19. The highest BCUT2D eigenvalue weighted by atomic mass is 16.4. The molecule has 1 saturated heterocycles. The van der Waals surface area contributed by atoms with E-state index in [1.165, 1.54) is 0 Å². The molecule has 0 spiro atoms. The van der Waals surface area contributed by atoms with Gasteiger partial charge >= 0.3 is 0 Å². The van der Waals surface area contributed by atoms with Crippen molar-refractivity contribution >= 4 is 0 Å². The highest BCUT2D eigenvalue weighted by molar-refractivity contribution is 5.02. The molecule has 5 heteroatoms. The Labute approximate surface area is 82.1 Å². The number of nitrogens with one attached hydrogen (secondary N) is 1. The number of hydrogen-bond donors (Lipinski definition) is 2. The van der Waals surface area contributed by atoms with Gasteiger partial charge in [0.2, 0.25) is 11.8 Å². The topological polar surface area (TPSA) is 77.0 Å². The molecule has 0 saturated carbocycles. The van der Waals surface area contributed by atoms with Gasteiger partial charge in [-0.25, -0.2) is 0 Å². The lowest BCUT2D eigenvalue weighted by molar-refractivity contribution is 0.336. The molecule has 0 unspecified atom stereocenters. The fourth-order valence-electron chi connectivity index (χ4n) is 1.24. The van der Waals surface area contributed by atoms with Gasteiger partial charge in [0.25, 0.3) is 0 Å². The van der Waals surface area contributed by atoms with Gasteiger partial charge < -0.3 is 15.5 Å². The van der Waals surface area contributed by atoms with Crippen molar-refractivity contribution in [3.63, 3.8) is 0 Å². The summed E-state index contributed by atoms with van der Waals surface area (Å²) in [6.07, 6.45) is 5.56. The molecule has 1 atom stereocenters. The molecule has 0 aromatic carbocycles. The molecule has 0 radical (unpaired) electrons. The number of rotatable bonds is 3. The molecule has 0 amide bonds. The average molecular weight is 192 g/mol. The summed E-state index contributed by atoms with van der Waals surface area (Å²) in [5.41, 5.74) is 5.72. The Morgan fingerprint density at radius 3 is 3.00 bits per heavy atom. The lowest BCUT2D eigenvalue weighted by Crippen LogP contribution is -2.40. The van der Waals surface area contributed by atoms with E-state index in [1.807, 2.05) is 0 Å². The van der Waals surface area contributed by atoms with Gasteiger partial charge in [0, 0.05) is 19.5 Å². The molecular formula is C9H12N4O. The zero-order chi connectivity index (χ0) is 9.97. The molecule has 1 aromatic rings. The van der Waals surface area contributed by atoms with Crippen LogP contribution >= 0.6 is 0 Å². The maximum Gasteiger partial charge on any atom is 0.234 e. The first-order valence-corrected chi connectivity index (χ1v) is 4.54. The van der Waals surface area contributed by atoms with Gasteiger partial charge in [-0.1, -0.05) is 0 Å². The maximum atomic E-state index is 5.72. The van der Waals surface area contributed by atoms with Crippen LogP contribution in [-0.4, -0.2) is 23.3 Å². The van der Waals surface area contributed by atoms with Gasteiger partial charge in [-0.3, -0.25) is 0 Å². The van der Waals surface area contributed by atoms with Crippen molar-refractivity contribution in [3.05, 3.63) is 11.8 Å². The number of aromatic nitrogens is 2. The largest absolute Gasteiger partial charge is 0.423 e. The molecule has 0 bridgehead atoms. The van der Waals surface area contributed by atoms with Crippen molar-refractivity contribution in [1.82, 2.24) is 15.5 Å². The number of hydrogen-bond acceptors (Lipinski definition) is 5. The Kier molecular flexibility index (Phi) is 2.48. The molecule has 1 fully saturated rings. The van der Waals surface area contributed by atoms with Crippen LogP contribution < -0.4 is 11.1 Å². The van der Waals surface area contributed by atoms with Gasteiger partial charge in [-0.05, 0) is 0 Å². The van der Waals surface area contributed by atoms with E-state index in [9.17, 15) is 0 Å². The molecule has 1 aliphatic rings. The molecule has 2 heterocycles. The molecule has 2 rings (SSSR count). The predicted octanol–water partition coefficient (Wildman–Crippen LogP) is -0.221. The van der Waals surface area contributed by atoms with E-state index >= 15 is 0 Å². The van der Waals surface area contributed by atoms with Crippen LogP contribution in [0.3, 0.4) is 0 Å². The smallest absolute Gasteiger partial charge is 0.234 e. The molecule has 14 heavy (non-hydrogen) atoms. The van der Waals surface area contributed by atoms with Gasteiger partial charge in [0.15, 0.2) is 0 Å². The van der Waals surface area contributed by atoms with E-state index in [0.29, 0.717) is 24.1 Å².